The SMILES string of the molecule is CN(CCc1ccccc1)c1nc(C2CC2)c(CO)s1. The highest BCUT2D eigenvalue weighted by atomic mass is 32.1. The van der Waals surface area contributed by atoms with Gasteiger partial charge in [0.25, 0.3) is 0 Å². The first kappa shape index (κ1) is 13.6. The summed E-state index contributed by atoms with van der Waals surface area (Å²) in [5.41, 5.74) is 2.49. The van der Waals surface area contributed by atoms with Gasteiger partial charge < -0.3 is 10.0 Å². The third kappa shape index (κ3) is 3.02. The number of likely N-dealkylation sites (N-methyl/N-ethyl adjacent to an activating group) is 1. The molecular formula is C16H20N2OS. The van der Waals surface area contributed by atoms with Crippen LogP contribution >= 0.6 is 11.3 Å². The van der Waals surface area contributed by atoms with E-state index in [1.165, 1.54) is 18.4 Å². The zero-order valence-electron chi connectivity index (χ0n) is 11.7. The maximum Gasteiger partial charge on any atom is 0.185 e. The van der Waals surface area contributed by atoms with E-state index in [1.807, 2.05) is 6.07 Å². The van der Waals surface area contributed by atoms with Crippen molar-refractivity contribution in [3.63, 3.8) is 0 Å². The van der Waals surface area contributed by atoms with E-state index in [-0.39, 0.29) is 6.61 Å². The fourth-order valence-corrected chi connectivity index (χ4v) is 3.33. The molecule has 0 aliphatic heterocycles. The molecule has 2 aromatic rings. The summed E-state index contributed by atoms with van der Waals surface area (Å²) < 4.78 is 0. The quantitative estimate of drug-likeness (QED) is 0.887. The van der Waals surface area contributed by atoms with Crippen molar-refractivity contribution in [3.8, 4) is 0 Å². The van der Waals surface area contributed by atoms with Crippen LogP contribution in [0.5, 0.6) is 0 Å². The summed E-state index contributed by atoms with van der Waals surface area (Å²) in [5.74, 6) is 0.602. The zero-order valence-corrected chi connectivity index (χ0v) is 12.6. The minimum absolute atomic E-state index is 0.121. The van der Waals surface area contributed by atoms with E-state index in [2.05, 4.69) is 36.2 Å². The predicted molar refractivity (Wildman–Crippen MR) is 83.4 cm³/mol. The molecule has 1 aliphatic rings. The molecule has 20 heavy (non-hydrogen) atoms. The van der Waals surface area contributed by atoms with E-state index < -0.39 is 0 Å². The number of hydrogen-bond donors (Lipinski definition) is 1. The van der Waals surface area contributed by atoms with Crippen LogP contribution in [0, 0.1) is 0 Å². The molecule has 4 heteroatoms. The van der Waals surface area contributed by atoms with Gasteiger partial charge in [-0.3, -0.25) is 0 Å². The average molecular weight is 288 g/mol. The Kier molecular flexibility index (Phi) is 4.03. The van der Waals surface area contributed by atoms with Crippen LogP contribution in [0.15, 0.2) is 30.3 Å². The topological polar surface area (TPSA) is 36.4 Å². The average Bonchev–Trinajstić information content (AvgIpc) is 3.24. The molecule has 0 bridgehead atoms. The van der Waals surface area contributed by atoms with Gasteiger partial charge in [0.2, 0.25) is 0 Å². The summed E-state index contributed by atoms with van der Waals surface area (Å²) >= 11 is 1.64. The molecule has 1 saturated carbocycles. The van der Waals surface area contributed by atoms with Gasteiger partial charge in [-0.05, 0) is 24.8 Å². The van der Waals surface area contributed by atoms with Gasteiger partial charge in [0.1, 0.15) is 0 Å². The van der Waals surface area contributed by atoms with Crippen molar-refractivity contribution in [2.45, 2.75) is 31.8 Å². The second-order valence-electron chi connectivity index (χ2n) is 5.39. The first-order valence-corrected chi connectivity index (χ1v) is 7.95. The van der Waals surface area contributed by atoms with Crippen LogP contribution in [0.1, 0.15) is 34.9 Å². The molecule has 0 spiro atoms. The van der Waals surface area contributed by atoms with Crippen molar-refractivity contribution in [2.24, 2.45) is 0 Å². The first-order chi connectivity index (χ1) is 9.78. The molecular weight excluding hydrogens is 268 g/mol. The van der Waals surface area contributed by atoms with Crippen LogP contribution in [0.2, 0.25) is 0 Å². The Bertz CT molecular complexity index is 563. The van der Waals surface area contributed by atoms with E-state index in [1.54, 1.807) is 11.3 Å². The summed E-state index contributed by atoms with van der Waals surface area (Å²) in [6.45, 7) is 1.07. The van der Waals surface area contributed by atoms with Gasteiger partial charge in [-0.15, -0.1) is 0 Å². The van der Waals surface area contributed by atoms with Gasteiger partial charge in [0.15, 0.2) is 5.13 Å². The van der Waals surface area contributed by atoms with E-state index >= 15 is 0 Å². The monoisotopic (exact) mass is 288 g/mol. The Morgan fingerprint density at radius 3 is 2.70 bits per heavy atom. The van der Waals surface area contributed by atoms with Gasteiger partial charge in [0.05, 0.1) is 17.2 Å². The molecule has 1 aliphatic carbocycles. The lowest BCUT2D eigenvalue weighted by atomic mass is 10.1. The number of aliphatic hydroxyl groups is 1. The lowest BCUT2D eigenvalue weighted by Crippen LogP contribution is -2.20. The summed E-state index contributed by atoms with van der Waals surface area (Å²) in [7, 11) is 2.08. The van der Waals surface area contributed by atoms with E-state index in [0.717, 1.165) is 28.7 Å². The zero-order chi connectivity index (χ0) is 13.9. The van der Waals surface area contributed by atoms with Crippen molar-refractivity contribution >= 4 is 16.5 Å². The van der Waals surface area contributed by atoms with Crippen molar-refractivity contribution < 1.29 is 5.11 Å². The lowest BCUT2D eigenvalue weighted by molar-refractivity contribution is 0.284. The number of aromatic nitrogens is 1. The van der Waals surface area contributed by atoms with Crippen molar-refractivity contribution in [3.05, 3.63) is 46.5 Å². The van der Waals surface area contributed by atoms with Gasteiger partial charge in [0, 0.05) is 19.5 Å². The summed E-state index contributed by atoms with van der Waals surface area (Å²) in [5, 5.41) is 10.5. The molecule has 0 amide bonds. The van der Waals surface area contributed by atoms with Gasteiger partial charge in [-0.1, -0.05) is 41.7 Å². The van der Waals surface area contributed by atoms with Gasteiger partial charge in [-0.2, -0.15) is 0 Å². The Labute approximate surface area is 123 Å². The van der Waals surface area contributed by atoms with Crippen molar-refractivity contribution in [2.75, 3.05) is 18.5 Å². The van der Waals surface area contributed by atoms with Crippen LogP contribution in [-0.2, 0) is 13.0 Å². The highest BCUT2D eigenvalue weighted by Gasteiger charge is 2.29. The second-order valence-corrected chi connectivity index (χ2v) is 6.46. The largest absolute Gasteiger partial charge is 0.391 e. The Morgan fingerprint density at radius 2 is 2.05 bits per heavy atom. The van der Waals surface area contributed by atoms with Crippen molar-refractivity contribution in [1.29, 1.82) is 0 Å². The van der Waals surface area contributed by atoms with Crippen LogP contribution in [0.3, 0.4) is 0 Å². The number of nitrogens with zero attached hydrogens (tertiary/aromatic N) is 2. The van der Waals surface area contributed by atoms with Crippen LogP contribution in [0.25, 0.3) is 0 Å². The first-order valence-electron chi connectivity index (χ1n) is 7.13. The molecule has 106 valence electrons. The normalized spacial score (nSPS) is 14.5. The second kappa shape index (κ2) is 5.94. The number of aliphatic hydroxyl groups excluding tert-OH is 1. The van der Waals surface area contributed by atoms with Crippen LogP contribution < -0.4 is 4.90 Å². The van der Waals surface area contributed by atoms with E-state index in [9.17, 15) is 5.11 Å². The van der Waals surface area contributed by atoms with Crippen LogP contribution in [-0.4, -0.2) is 23.7 Å². The summed E-state index contributed by atoms with van der Waals surface area (Å²) in [6, 6.07) is 10.5. The molecule has 0 atom stereocenters. The van der Waals surface area contributed by atoms with E-state index in [4.69, 9.17) is 4.98 Å². The maximum atomic E-state index is 9.45. The maximum absolute atomic E-state index is 9.45. The minimum atomic E-state index is 0.121. The summed E-state index contributed by atoms with van der Waals surface area (Å²) in [4.78, 5) is 7.99. The molecule has 0 saturated heterocycles. The fraction of sp³-hybridized carbons (Fsp3) is 0.438. The molecule has 0 unspecified atom stereocenters. The minimum Gasteiger partial charge on any atom is -0.391 e. The Hall–Kier alpha value is -1.39. The third-order valence-corrected chi connectivity index (χ3v) is 4.90. The third-order valence-electron chi connectivity index (χ3n) is 3.73. The number of rotatable bonds is 6. The standard InChI is InChI=1S/C16H20N2OS/c1-18(10-9-12-5-3-2-4-6-12)16-17-15(13-7-8-13)14(11-19)20-16/h2-6,13,19H,7-11H2,1H3. The number of anilines is 1. The van der Waals surface area contributed by atoms with Crippen LogP contribution in [0.4, 0.5) is 5.13 Å². The fourth-order valence-electron chi connectivity index (χ4n) is 2.34. The Balaban J connectivity index is 1.66. The Morgan fingerprint density at radius 1 is 1.30 bits per heavy atom. The molecule has 1 heterocycles. The number of hydrogen-bond acceptors (Lipinski definition) is 4. The molecule has 3 nitrogen and oxygen atoms in total. The molecule has 1 aromatic heterocycles. The highest BCUT2D eigenvalue weighted by molar-refractivity contribution is 7.15. The molecule has 1 aromatic carbocycles. The molecule has 1 fully saturated rings. The molecule has 1 N–H and O–H groups in total. The van der Waals surface area contributed by atoms with Gasteiger partial charge >= 0.3 is 0 Å². The lowest BCUT2D eigenvalue weighted by Gasteiger charge is -2.15. The smallest absolute Gasteiger partial charge is 0.185 e. The van der Waals surface area contributed by atoms with Gasteiger partial charge in [-0.25, -0.2) is 4.98 Å². The molecule has 0 radical (unpaired) electrons. The number of benzene rings is 1. The van der Waals surface area contributed by atoms with Crippen molar-refractivity contribution in [1.82, 2.24) is 4.98 Å². The molecule has 3 rings (SSSR count). The predicted octanol–water partition coefficient (Wildman–Crippen LogP) is 3.19. The van der Waals surface area contributed by atoms with E-state index in [0.29, 0.717) is 5.92 Å². The summed E-state index contributed by atoms with van der Waals surface area (Å²) in [6.07, 6.45) is 3.47. The highest BCUT2D eigenvalue weighted by Crippen LogP contribution is 2.44. The number of thiazole rings is 1.